The lowest BCUT2D eigenvalue weighted by molar-refractivity contribution is 0.0698. The van der Waals surface area contributed by atoms with Crippen molar-refractivity contribution >= 4 is 23.4 Å². The van der Waals surface area contributed by atoms with E-state index in [9.17, 15) is 9.59 Å². The van der Waals surface area contributed by atoms with Crippen LogP contribution in [0, 0.1) is 0 Å². The first kappa shape index (κ1) is 12.8. The normalized spacial score (nSPS) is 10.1. The van der Waals surface area contributed by atoms with Crippen LogP contribution in [-0.2, 0) is 4.74 Å². The lowest BCUT2D eigenvalue weighted by Gasteiger charge is -2.11. The number of hydrogen-bond acceptors (Lipinski definition) is 4. The summed E-state index contributed by atoms with van der Waals surface area (Å²) in [7, 11) is 0. The van der Waals surface area contributed by atoms with Crippen molar-refractivity contribution in [3.63, 3.8) is 0 Å². The molecule has 6 nitrogen and oxygen atoms in total. The zero-order valence-corrected chi connectivity index (χ0v) is 9.56. The van der Waals surface area contributed by atoms with Crippen molar-refractivity contribution in [2.75, 3.05) is 11.1 Å². The SMILES string of the molecule is CC(C)OC(=O)Nc1ccc(N)cc1C(=O)O. The third-order valence-corrected chi connectivity index (χ3v) is 1.85. The van der Waals surface area contributed by atoms with Crippen molar-refractivity contribution in [2.24, 2.45) is 0 Å². The summed E-state index contributed by atoms with van der Waals surface area (Å²) in [5, 5.41) is 11.3. The Morgan fingerprint density at radius 1 is 1.41 bits per heavy atom. The van der Waals surface area contributed by atoms with E-state index in [1.807, 2.05) is 0 Å². The molecule has 6 heteroatoms. The molecule has 1 aromatic rings. The summed E-state index contributed by atoms with van der Waals surface area (Å²) < 4.78 is 4.84. The fourth-order valence-corrected chi connectivity index (χ4v) is 1.20. The van der Waals surface area contributed by atoms with E-state index >= 15 is 0 Å². The molecule has 0 saturated heterocycles. The third-order valence-electron chi connectivity index (χ3n) is 1.85. The average Bonchev–Trinajstić information content (AvgIpc) is 2.19. The minimum absolute atomic E-state index is 0.0780. The van der Waals surface area contributed by atoms with Crippen LogP contribution in [0.25, 0.3) is 0 Å². The zero-order valence-electron chi connectivity index (χ0n) is 9.56. The Morgan fingerprint density at radius 2 is 2.06 bits per heavy atom. The van der Waals surface area contributed by atoms with Crippen LogP contribution in [-0.4, -0.2) is 23.3 Å². The number of carbonyl (C=O) groups excluding carboxylic acids is 1. The smallest absolute Gasteiger partial charge is 0.411 e. The van der Waals surface area contributed by atoms with E-state index in [2.05, 4.69) is 5.32 Å². The number of carboxylic acid groups (broad SMARTS) is 1. The van der Waals surface area contributed by atoms with E-state index in [1.54, 1.807) is 13.8 Å². The van der Waals surface area contributed by atoms with Crippen LogP contribution < -0.4 is 11.1 Å². The molecule has 0 aliphatic carbocycles. The first-order valence-corrected chi connectivity index (χ1v) is 5.00. The van der Waals surface area contributed by atoms with E-state index in [1.165, 1.54) is 18.2 Å². The second-order valence-electron chi connectivity index (χ2n) is 3.69. The van der Waals surface area contributed by atoms with Gasteiger partial charge in [-0.25, -0.2) is 9.59 Å². The van der Waals surface area contributed by atoms with Crippen molar-refractivity contribution < 1.29 is 19.4 Å². The summed E-state index contributed by atoms with van der Waals surface area (Å²) in [5.74, 6) is -1.17. The maximum atomic E-state index is 11.3. The number of rotatable bonds is 3. The Kier molecular flexibility index (Phi) is 3.92. The molecule has 0 aromatic heterocycles. The molecule has 1 rings (SSSR count). The van der Waals surface area contributed by atoms with Crippen LogP contribution in [0.2, 0.25) is 0 Å². The summed E-state index contributed by atoms with van der Waals surface area (Å²) in [6, 6.07) is 4.19. The van der Waals surface area contributed by atoms with E-state index in [-0.39, 0.29) is 17.4 Å². The molecular formula is C11H14N2O4. The van der Waals surface area contributed by atoms with Gasteiger partial charge < -0.3 is 15.6 Å². The number of nitrogen functional groups attached to an aromatic ring is 1. The number of anilines is 2. The van der Waals surface area contributed by atoms with Crippen molar-refractivity contribution in [2.45, 2.75) is 20.0 Å². The number of benzene rings is 1. The number of aromatic carboxylic acids is 1. The summed E-state index contributed by atoms with van der Waals surface area (Å²) in [6.45, 7) is 3.39. The standard InChI is InChI=1S/C11H14N2O4/c1-6(2)17-11(16)13-9-4-3-7(12)5-8(9)10(14)15/h3-6H,12H2,1-2H3,(H,13,16)(H,14,15). The molecule has 1 amide bonds. The van der Waals surface area contributed by atoms with Gasteiger partial charge in [0.25, 0.3) is 0 Å². The van der Waals surface area contributed by atoms with Crippen LogP contribution >= 0.6 is 0 Å². The molecule has 1 aromatic carbocycles. The van der Waals surface area contributed by atoms with Gasteiger partial charge in [0.05, 0.1) is 17.4 Å². The van der Waals surface area contributed by atoms with Crippen LogP contribution in [0.1, 0.15) is 24.2 Å². The minimum atomic E-state index is -1.17. The number of ether oxygens (including phenoxy) is 1. The quantitative estimate of drug-likeness (QED) is 0.698. The maximum Gasteiger partial charge on any atom is 0.411 e. The topological polar surface area (TPSA) is 102 Å². The third kappa shape index (κ3) is 3.67. The highest BCUT2D eigenvalue weighted by atomic mass is 16.6. The van der Waals surface area contributed by atoms with Gasteiger partial charge in [-0.05, 0) is 32.0 Å². The minimum Gasteiger partial charge on any atom is -0.478 e. The first-order valence-electron chi connectivity index (χ1n) is 5.00. The summed E-state index contributed by atoms with van der Waals surface area (Å²) in [4.78, 5) is 22.3. The number of carbonyl (C=O) groups is 2. The van der Waals surface area contributed by atoms with E-state index in [4.69, 9.17) is 15.6 Å². The molecule has 0 unspecified atom stereocenters. The molecular weight excluding hydrogens is 224 g/mol. The molecule has 0 aliphatic heterocycles. The molecule has 17 heavy (non-hydrogen) atoms. The lowest BCUT2D eigenvalue weighted by Crippen LogP contribution is -2.19. The Morgan fingerprint density at radius 3 is 2.59 bits per heavy atom. The number of amides is 1. The van der Waals surface area contributed by atoms with Crippen LogP contribution in [0.3, 0.4) is 0 Å². The van der Waals surface area contributed by atoms with Crippen LogP contribution in [0.4, 0.5) is 16.2 Å². The molecule has 4 N–H and O–H groups in total. The van der Waals surface area contributed by atoms with Gasteiger partial charge >= 0.3 is 12.1 Å². The van der Waals surface area contributed by atoms with Gasteiger partial charge in [0.1, 0.15) is 0 Å². The molecule has 92 valence electrons. The second-order valence-corrected chi connectivity index (χ2v) is 3.69. The molecule has 0 aliphatic rings. The Balaban J connectivity index is 2.91. The fourth-order valence-electron chi connectivity index (χ4n) is 1.20. The van der Waals surface area contributed by atoms with Gasteiger partial charge in [-0.3, -0.25) is 5.32 Å². The number of nitrogens with two attached hydrogens (primary N) is 1. The molecule has 0 radical (unpaired) electrons. The van der Waals surface area contributed by atoms with Crippen molar-refractivity contribution in [1.29, 1.82) is 0 Å². The number of hydrogen-bond donors (Lipinski definition) is 3. The summed E-state index contributed by atoms with van der Waals surface area (Å²) in [6.07, 6.45) is -0.982. The van der Waals surface area contributed by atoms with E-state index in [0.29, 0.717) is 5.69 Å². The summed E-state index contributed by atoms with van der Waals surface area (Å²) >= 11 is 0. The number of carboxylic acids is 1. The molecule has 0 atom stereocenters. The van der Waals surface area contributed by atoms with Crippen LogP contribution in [0.5, 0.6) is 0 Å². The van der Waals surface area contributed by atoms with Gasteiger partial charge in [-0.15, -0.1) is 0 Å². The Labute approximate surface area is 98.4 Å². The monoisotopic (exact) mass is 238 g/mol. The largest absolute Gasteiger partial charge is 0.478 e. The van der Waals surface area contributed by atoms with Gasteiger partial charge in [0.2, 0.25) is 0 Å². The second kappa shape index (κ2) is 5.20. The molecule has 0 heterocycles. The highest BCUT2D eigenvalue weighted by Gasteiger charge is 2.14. The Bertz CT molecular complexity index is 443. The molecule has 0 saturated carbocycles. The molecule has 0 bridgehead atoms. The lowest BCUT2D eigenvalue weighted by atomic mass is 10.1. The summed E-state index contributed by atoms with van der Waals surface area (Å²) in [5.41, 5.74) is 5.85. The van der Waals surface area contributed by atoms with E-state index in [0.717, 1.165) is 0 Å². The van der Waals surface area contributed by atoms with Crippen LogP contribution in [0.15, 0.2) is 18.2 Å². The van der Waals surface area contributed by atoms with Gasteiger partial charge in [0.15, 0.2) is 0 Å². The molecule has 0 fully saturated rings. The predicted octanol–water partition coefficient (Wildman–Crippen LogP) is 1.92. The van der Waals surface area contributed by atoms with Gasteiger partial charge in [-0.1, -0.05) is 0 Å². The van der Waals surface area contributed by atoms with Gasteiger partial charge in [-0.2, -0.15) is 0 Å². The van der Waals surface area contributed by atoms with Crippen molar-refractivity contribution in [1.82, 2.24) is 0 Å². The van der Waals surface area contributed by atoms with Crippen molar-refractivity contribution in [3.8, 4) is 0 Å². The fraction of sp³-hybridized carbons (Fsp3) is 0.273. The van der Waals surface area contributed by atoms with E-state index < -0.39 is 12.1 Å². The average molecular weight is 238 g/mol. The zero-order chi connectivity index (χ0) is 13.0. The maximum absolute atomic E-state index is 11.3. The predicted molar refractivity (Wildman–Crippen MR) is 63.1 cm³/mol. The highest BCUT2D eigenvalue weighted by Crippen LogP contribution is 2.19. The number of nitrogens with one attached hydrogen (secondary N) is 1. The Hall–Kier alpha value is -2.24. The highest BCUT2D eigenvalue weighted by molar-refractivity contribution is 5.99. The van der Waals surface area contributed by atoms with Crippen molar-refractivity contribution in [3.05, 3.63) is 23.8 Å². The first-order chi connectivity index (χ1) is 7.90. The van der Waals surface area contributed by atoms with Gasteiger partial charge in [0, 0.05) is 5.69 Å². The molecule has 0 spiro atoms.